The van der Waals surface area contributed by atoms with E-state index in [1.165, 1.54) is 16.2 Å². The lowest BCUT2D eigenvalue weighted by Gasteiger charge is -2.27. The number of amides is 2. The van der Waals surface area contributed by atoms with Crippen LogP contribution in [-0.2, 0) is 19.5 Å². The third-order valence-electron chi connectivity index (χ3n) is 4.47. The highest BCUT2D eigenvalue weighted by atomic mass is 35.5. The zero-order valence-corrected chi connectivity index (χ0v) is 16.0. The SMILES string of the molecule is O=C(NCc1ccco1)c1cc2c(s1)CCN(C(=O)c1ccc(Cl)cc1)C2. The molecule has 27 heavy (non-hydrogen) atoms. The Hall–Kier alpha value is -2.57. The van der Waals surface area contributed by atoms with Crippen molar-refractivity contribution in [3.05, 3.63) is 80.4 Å². The lowest BCUT2D eigenvalue weighted by atomic mass is 10.1. The van der Waals surface area contributed by atoms with Gasteiger partial charge in [0.05, 0.1) is 17.7 Å². The van der Waals surface area contributed by atoms with Crippen LogP contribution in [-0.4, -0.2) is 23.3 Å². The number of carbonyl (C=O) groups excluding carboxylic acids is 2. The minimum Gasteiger partial charge on any atom is -0.467 e. The average molecular weight is 401 g/mol. The molecule has 7 heteroatoms. The highest BCUT2D eigenvalue weighted by molar-refractivity contribution is 7.14. The van der Waals surface area contributed by atoms with Crippen molar-refractivity contribution < 1.29 is 14.0 Å². The molecule has 1 aromatic carbocycles. The Morgan fingerprint density at radius 3 is 2.78 bits per heavy atom. The highest BCUT2D eigenvalue weighted by Crippen LogP contribution is 2.29. The molecular weight excluding hydrogens is 384 g/mol. The van der Waals surface area contributed by atoms with Gasteiger partial charge in [0.15, 0.2) is 0 Å². The Balaban J connectivity index is 1.43. The molecule has 0 fully saturated rings. The molecular formula is C20H17ClN2O3S. The molecule has 0 aliphatic carbocycles. The predicted octanol–water partition coefficient (Wildman–Crippen LogP) is 4.12. The summed E-state index contributed by atoms with van der Waals surface area (Å²) in [5.74, 6) is 0.568. The van der Waals surface area contributed by atoms with E-state index in [9.17, 15) is 9.59 Å². The fourth-order valence-electron chi connectivity index (χ4n) is 3.06. The van der Waals surface area contributed by atoms with Crippen molar-refractivity contribution in [3.63, 3.8) is 0 Å². The molecule has 0 spiro atoms. The van der Waals surface area contributed by atoms with Gasteiger partial charge in [0.1, 0.15) is 5.76 Å². The van der Waals surface area contributed by atoms with Gasteiger partial charge in [-0.1, -0.05) is 11.6 Å². The summed E-state index contributed by atoms with van der Waals surface area (Å²) in [4.78, 5) is 28.7. The zero-order chi connectivity index (χ0) is 18.8. The van der Waals surface area contributed by atoms with Crippen LogP contribution in [0, 0.1) is 0 Å². The number of hydrogen-bond acceptors (Lipinski definition) is 4. The Morgan fingerprint density at radius 1 is 1.22 bits per heavy atom. The molecule has 0 unspecified atom stereocenters. The summed E-state index contributed by atoms with van der Waals surface area (Å²) >= 11 is 7.39. The van der Waals surface area contributed by atoms with Gasteiger partial charge in [-0.15, -0.1) is 11.3 Å². The molecule has 3 heterocycles. The minimum absolute atomic E-state index is 0.0210. The van der Waals surface area contributed by atoms with Gasteiger partial charge in [0.25, 0.3) is 11.8 Å². The lowest BCUT2D eigenvalue weighted by Crippen LogP contribution is -2.35. The molecule has 4 rings (SSSR count). The van der Waals surface area contributed by atoms with Crippen molar-refractivity contribution in [2.24, 2.45) is 0 Å². The fraction of sp³-hybridized carbons (Fsp3) is 0.200. The molecule has 0 radical (unpaired) electrons. The molecule has 2 aromatic heterocycles. The van der Waals surface area contributed by atoms with E-state index in [-0.39, 0.29) is 11.8 Å². The van der Waals surface area contributed by atoms with Crippen LogP contribution in [0.25, 0.3) is 0 Å². The van der Waals surface area contributed by atoms with Crippen LogP contribution in [0.1, 0.15) is 36.2 Å². The first-order valence-electron chi connectivity index (χ1n) is 8.57. The van der Waals surface area contributed by atoms with Gasteiger partial charge in [-0.05, 0) is 54.4 Å². The second kappa shape index (κ2) is 7.58. The van der Waals surface area contributed by atoms with Gasteiger partial charge in [-0.2, -0.15) is 0 Å². The molecule has 1 aliphatic heterocycles. The summed E-state index contributed by atoms with van der Waals surface area (Å²) in [5, 5.41) is 3.47. The third-order valence-corrected chi connectivity index (χ3v) is 5.96. The van der Waals surface area contributed by atoms with Crippen molar-refractivity contribution >= 4 is 34.8 Å². The third kappa shape index (κ3) is 3.91. The van der Waals surface area contributed by atoms with Crippen molar-refractivity contribution in [3.8, 4) is 0 Å². The first-order valence-corrected chi connectivity index (χ1v) is 9.76. The standard InChI is InChI=1S/C20H17ClN2O3S/c21-15-5-3-13(4-6-15)20(25)23-8-7-17-14(12-23)10-18(27-17)19(24)22-11-16-2-1-9-26-16/h1-6,9-10H,7-8,11-12H2,(H,22,24). The number of hydrogen-bond donors (Lipinski definition) is 1. The summed E-state index contributed by atoms with van der Waals surface area (Å²) in [7, 11) is 0. The van der Waals surface area contributed by atoms with E-state index in [0.717, 1.165) is 12.0 Å². The molecule has 0 bridgehead atoms. The Bertz CT molecular complexity index is 964. The fourth-order valence-corrected chi connectivity index (χ4v) is 4.27. The topological polar surface area (TPSA) is 62.6 Å². The van der Waals surface area contributed by atoms with Gasteiger partial charge in [0.2, 0.25) is 0 Å². The van der Waals surface area contributed by atoms with E-state index in [2.05, 4.69) is 5.32 Å². The summed E-state index contributed by atoms with van der Waals surface area (Å²) < 4.78 is 5.23. The summed E-state index contributed by atoms with van der Waals surface area (Å²) in [6, 6.07) is 12.4. The Labute approximate surface area is 165 Å². The number of carbonyl (C=O) groups is 2. The van der Waals surface area contributed by atoms with Crippen molar-refractivity contribution in [1.82, 2.24) is 10.2 Å². The van der Waals surface area contributed by atoms with Crippen LogP contribution in [0.4, 0.5) is 0 Å². The lowest BCUT2D eigenvalue weighted by molar-refractivity contribution is 0.0736. The zero-order valence-electron chi connectivity index (χ0n) is 14.4. The second-order valence-corrected chi connectivity index (χ2v) is 7.88. The molecule has 0 saturated heterocycles. The van der Waals surface area contributed by atoms with Gasteiger partial charge >= 0.3 is 0 Å². The van der Waals surface area contributed by atoms with Gasteiger partial charge in [-0.3, -0.25) is 9.59 Å². The first-order chi connectivity index (χ1) is 13.1. The number of thiophene rings is 1. The molecule has 138 valence electrons. The van der Waals surface area contributed by atoms with E-state index in [4.69, 9.17) is 16.0 Å². The predicted molar refractivity (Wildman–Crippen MR) is 104 cm³/mol. The molecule has 5 nitrogen and oxygen atoms in total. The number of halogens is 1. The summed E-state index contributed by atoms with van der Waals surface area (Å²) in [6.07, 6.45) is 2.34. The first kappa shape index (κ1) is 17.8. The van der Waals surface area contributed by atoms with Crippen LogP contribution in [0.5, 0.6) is 0 Å². The quantitative estimate of drug-likeness (QED) is 0.716. The summed E-state index contributed by atoms with van der Waals surface area (Å²) in [6.45, 7) is 1.51. The van der Waals surface area contributed by atoms with E-state index in [1.54, 1.807) is 36.6 Å². The van der Waals surface area contributed by atoms with Crippen molar-refractivity contribution in [2.75, 3.05) is 6.54 Å². The maximum atomic E-state index is 12.7. The molecule has 2 amide bonds. The van der Waals surface area contributed by atoms with Crippen molar-refractivity contribution in [1.29, 1.82) is 0 Å². The number of nitrogens with one attached hydrogen (secondary N) is 1. The van der Waals surface area contributed by atoms with Crippen LogP contribution < -0.4 is 5.32 Å². The molecule has 1 aliphatic rings. The average Bonchev–Trinajstić information content (AvgIpc) is 3.35. The summed E-state index contributed by atoms with van der Waals surface area (Å²) in [5.41, 5.74) is 1.66. The molecule has 1 N–H and O–H groups in total. The van der Waals surface area contributed by atoms with Crippen LogP contribution in [0.2, 0.25) is 5.02 Å². The maximum Gasteiger partial charge on any atom is 0.261 e. The number of benzene rings is 1. The smallest absolute Gasteiger partial charge is 0.261 e. The number of nitrogens with zero attached hydrogens (tertiary/aromatic N) is 1. The monoisotopic (exact) mass is 400 g/mol. The van der Waals surface area contributed by atoms with Gasteiger partial charge in [-0.25, -0.2) is 0 Å². The van der Waals surface area contributed by atoms with Crippen LogP contribution in [0.15, 0.2) is 53.1 Å². The highest BCUT2D eigenvalue weighted by Gasteiger charge is 2.25. The minimum atomic E-state index is -0.124. The Kier molecular flexibility index (Phi) is 5.01. The molecule has 0 atom stereocenters. The Morgan fingerprint density at radius 2 is 2.04 bits per heavy atom. The van der Waals surface area contributed by atoms with Gasteiger partial charge < -0.3 is 14.6 Å². The van der Waals surface area contributed by atoms with E-state index < -0.39 is 0 Å². The van der Waals surface area contributed by atoms with E-state index in [1.807, 2.05) is 17.0 Å². The maximum absolute atomic E-state index is 12.7. The van der Waals surface area contributed by atoms with E-state index in [0.29, 0.717) is 40.9 Å². The number of fused-ring (bicyclic) bond motifs is 1. The largest absolute Gasteiger partial charge is 0.467 e. The molecule has 3 aromatic rings. The number of furan rings is 1. The normalized spacial score (nSPS) is 13.3. The number of rotatable bonds is 4. The second-order valence-electron chi connectivity index (χ2n) is 6.30. The van der Waals surface area contributed by atoms with Crippen LogP contribution >= 0.6 is 22.9 Å². The van der Waals surface area contributed by atoms with Gasteiger partial charge in [0, 0.05) is 28.6 Å². The van der Waals surface area contributed by atoms with Crippen LogP contribution in [0.3, 0.4) is 0 Å². The van der Waals surface area contributed by atoms with E-state index >= 15 is 0 Å². The van der Waals surface area contributed by atoms with Crippen molar-refractivity contribution in [2.45, 2.75) is 19.5 Å². The molecule has 0 saturated carbocycles.